The van der Waals surface area contributed by atoms with E-state index in [2.05, 4.69) is 5.10 Å². The molecular formula is C7H8N2O3. The van der Waals surface area contributed by atoms with Gasteiger partial charge in [0.2, 0.25) is 0 Å². The largest absolute Gasteiger partial charge is 0.480 e. The van der Waals surface area contributed by atoms with Gasteiger partial charge in [-0.3, -0.25) is 4.79 Å². The molecule has 1 aromatic rings. The van der Waals surface area contributed by atoms with Crippen molar-refractivity contribution in [3.8, 4) is 0 Å². The summed E-state index contributed by atoms with van der Waals surface area (Å²) >= 11 is 0. The summed E-state index contributed by atoms with van der Waals surface area (Å²) in [7, 11) is 0. The van der Waals surface area contributed by atoms with Gasteiger partial charge >= 0.3 is 5.97 Å². The Kier molecular flexibility index (Phi) is 2.23. The lowest BCUT2D eigenvalue weighted by atomic mass is 10.3. The molecule has 64 valence electrons. The summed E-state index contributed by atoms with van der Waals surface area (Å²) in [5.41, 5.74) is -0.410. The number of rotatable bonds is 2. The second-order valence-electron chi connectivity index (χ2n) is 2.32. The number of nitrogens with zero attached hydrogens (tertiary/aromatic N) is 2. The Labute approximate surface area is 68.3 Å². The fourth-order valence-corrected chi connectivity index (χ4v) is 0.764. The van der Waals surface area contributed by atoms with Crippen molar-refractivity contribution >= 4 is 5.97 Å². The Bertz CT molecular complexity index is 345. The van der Waals surface area contributed by atoms with E-state index in [0.717, 1.165) is 4.68 Å². The van der Waals surface area contributed by atoms with Crippen LogP contribution in [0.5, 0.6) is 0 Å². The van der Waals surface area contributed by atoms with Crippen molar-refractivity contribution in [1.82, 2.24) is 9.78 Å². The molecule has 0 aliphatic rings. The van der Waals surface area contributed by atoms with Crippen molar-refractivity contribution in [2.75, 3.05) is 0 Å². The highest BCUT2D eigenvalue weighted by molar-refractivity contribution is 5.71. The van der Waals surface area contributed by atoms with Crippen LogP contribution in [0.25, 0.3) is 0 Å². The van der Waals surface area contributed by atoms with Gasteiger partial charge < -0.3 is 5.11 Å². The molecule has 0 saturated heterocycles. The Balaban J connectivity index is 3.11. The van der Waals surface area contributed by atoms with Gasteiger partial charge in [-0.05, 0) is 13.0 Å². The van der Waals surface area contributed by atoms with Gasteiger partial charge in [0.05, 0.1) is 0 Å². The van der Waals surface area contributed by atoms with Gasteiger partial charge in [-0.25, -0.2) is 9.48 Å². The monoisotopic (exact) mass is 168 g/mol. The number of carbonyl (C=O) groups is 1. The molecule has 0 bridgehead atoms. The molecule has 1 rings (SSSR count). The first-order valence-electron chi connectivity index (χ1n) is 3.39. The van der Waals surface area contributed by atoms with Crippen LogP contribution >= 0.6 is 0 Å². The van der Waals surface area contributed by atoms with Gasteiger partial charge in [-0.1, -0.05) is 0 Å². The molecule has 0 fully saturated rings. The molecule has 0 saturated carbocycles. The fraction of sp³-hybridized carbons (Fsp3) is 0.286. The fourth-order valence-electron chi connectivity index (χ4n) is 0.764. The van der Waals surface area contributed by atoms with Crippen LogP contribution in [0, 0.1) is 0 Å². The normalized spacial score (nSPS) is 12.4. The molecule has 0 aliphatic carbocycles. The maximum Gasteiger partial charge on any atom is 0.328 e. The van der Waals surface area contributed by atoms with E-state index in [1.165, 1.54) is 25.3 Å². The lowest BCUT2D eigenvalue weighted by molar-refractivity contribution is -0.140. The number of carboxylic acid groups (broad SMARTS) is 1. The molecule has 0 aliphatic heterocycles. The molecule has 0 radical (unpaired) electrons. The molecule has 0 unspecified atom stereocenters. The molecule has 1 N–H and O–H groups in total. The van der Waals surface area contributed by atoms with E-state index in [4.69, 9.17) is 5.11 Å². The van der Waals surface area contributed by atoms with Crippen molar-refractivity contribution in [2.24, 2.45) is 0 Å². The maximum absolute atomic E-state index is 11.0. The number of carboxylic acids is 1. The molecule has 0 spiro atoms. The second-order valence-corrected chi connectivity index (χ2v) is 2.32. The molecule has 12 heavy (non-hydrogen) atoms. The predicted octanol–water partition coefficient (Wildman–Crippen LogP) is -0.111. The van der Waals surface area contributed by atoms with Crippen molar-refractivity contribution in [3.05, 3.63) is 28.7 Å². The van der Waals surface area contributed by atoms with E-state index in [0.29, 0.717) is 0 Å². The van der Waals surface area contributed by atoms with Gasteiger partial charge in [0, 0.05) is 12.3 Å². The average molecular weight is 168 g/mol. The molecule has 5 nitrogen and oxygen atoms in total. The SMILES string of the molecule is C[C@H](C(=O)O)n1ncccc1=O. The summed E-state index contributed by atoms with van der Waals surface area (Å²) in [6, 6.07) is 1.82. The van der Waals surface area contributed by atoms with Gasteiger partial charge in [0.15, 0.2) is 6.04 Å². The lowest BCUT2D eigenvalue weighted by Gasteiger charge is -2.06. The summed E-state index contributed by atoms with van der Waals surface area (Å²) in [4.78, 5) is 21.5. The summed E-state index contributed by atoms with van der Waals surface area (Å²) in [6.07, 6.45) is 1.38. The van der Waals surface area contributed by atoms with Gasteiger partial charge in [-0.15, -0.1) is 0 Å². The predicted molar refractivity (Wildman–Crippen MR) is 40.8 cm³/mol. The zero-order valence-electron chi connectivity index (χ0n) is 6.47. The van der Waals surface area contributed by atoms with E-state index in [-0.39, 0.29) is 0 Å². The standard InChI is InChI=1S/C7H8N2O3/c1-5(7(11)12)9-6(10)3-2-4-8-9/h2-5H,1H3,(H,11,12)/t5-/m1/s1. The Morgan fingerprint density at radius 3 is 2.92 bits per heavy atom. The Hall–Kier alpha value is -1.65. The average Bonchev–Trinajstić information content (AvgIpc) is 2.04. The van der Waals surface area contributed by atoms with Crippen LogP contribution in [0.3, 0.4) is 0 Å². The first kappa shape index (κ1) is 8.45. The number of aliphatic carboxylic acids is 1. The van der Waals surface area contributed by atoms with Crippen LogP contribution in [0.4, 0.5) is 0 Å². The van der Waals surface area contributed by atoms with Crippen LogP contribution in [0.2, 0.25) is 0 Å². The van der Waals surface area contributed by atoms with Gasteiger partial charge in [0.25, 0.3) is 5.56 Å². The van der Waals surface area contributed by atoms with Gasteiger partial charge in [-0.2, -0.15) is 5.10 Å². The van der Waals surface area contributed by atoms with Crippen LogP contribution < -0.4 is 5.56 Å². The zero-order valence-corrected chi connectivity index (χ0v) is 6.47. The van der Waals surface area contributed by atoms with Crippen LogP contribution in [0.1, 0.15) is 13.0 Å². The van der Waals surface area contributed by atoms with E-state index in [9.17, 15) is 9.59 Å². The molecule has 1 aromatic heterocycles. The number of hydrogen-bond acceptors (Lipinski definition) is 3. The highest BCUT2D eigenvalue weighted by Gasteiger charge is 2.14. The summed E-state index contributed by atoms with van der Waals surface area (Å²) < 4.78 is 0.919. The van der Waals surface area contributed by atoms with Crippen molar-refractivity contribution in [2.45, 2.75) is 13.0 Å². The van der Waals surface area contributed by atoms with Crippen LogP contribution in [0.15, 0.2) is 23.1 Å². The van der Waals surface area contributed by atoms with Crippen molar-refractivity contribution in [3.63, 3.8) is 0 Å². The summed E-state index contributed by atoms with van der Waals surface area (Å²) in [6.45, 7) is 1.40. The highest BCUT2D eigenvalue weighted by atomic mass is 16.4. The molecule has 0 amide bonds. The highest BCUT2D eigenvalue weighted by Crippen LogP contribution is 1.97. The number of aromatic nitrogens is 2. The van der Waals surface area contributed by atoms with E-state index < -0.39 is 17.6 Å². The first-order chi connectivity index (χ1) is 5.63. The van der Waals surface area contributed by atoms with Crippen LogP contribution in [-0.2, 0) is 4.79 Å². The van der Waals surface area contributed by atoms with E-state index in [1.807, 2.05) is 0 Å². The molecule has 1 atom stereocenters. The molecule has 0 aromatic carbocycles. The number of hydrogen-bond donors (Lipinski definition) is 1. The Morgan fingerprint density at radius 1 is 1.75 bits per heavy atom. The third-order valence-electron chi connectivity index (χ3n) is 1.47. The summed E-state index contributed by atoms with van der Waals surface area (Å²) in [5.74, 6) is -1.07. The Morgan fingerprint density at radius 2 is 2.42 bits per heavy atom. The molecule has 1 heterocycles. The molecule has 5 heteroatoms. The minimum atomic E-state index is -1.07. The maximum atomic E-state index is 11.0. The first-order valence-corrected chi connectivity index (χ1v) is 3.39. The topological polar surface area (TPSA) is 72.2 Å². The summed E-state index contributed by atoms with van der Waals surface area (Å²) in [5, 5.41) is 12.2. The third kappa shape index (κ3) is 1.50. The van der Waals surface area contributed by atoms with Crippen molar-refractivity contribution in [1.29, 1.82) is 0 Å². The molecular weight excluding hydrogens is 160 g/mol. The second kappa shape index (κ2) is 3.17. The lowest BCUT2D eigenvalue weighted by Crippen LogP contribution is -2.29. The van der Waals surface area contributed by atoms with E-state index in [1.54, 1.807) is 0 Å². The third-order valence-corrected chi connectivity index (χ3v) is 1.47. The minimum absolute atomic E-state index is 0.410. The minimum Gasteiger partial charge on any atom is -0.480 e. The van der Waals surface area contributed by atoms with Crippen molar-refractivity contribution < 1.29 is 9.90 Å². The zero-order chi connectivity index (χ0) is 9.14. The smallest absolute Gasteiger partial charge is 0.328 e. The van der Waals surface area contributed by atoms with E-state index >= 15 is 0 Å². The van der Waals surface area contributed by atoms with Gasteiger partial charge in [0.1, 0.15) is 0 Å². The quantitative estimate of drug-likeness (QED) is 0.668. The van der Waals surface area contributed by atoms with Crippen LogP contribution in [-0.4, -0.2) is 20.9 Å².